The van der Waals surface area contributed by atoms with Crippen LogP contribution in [0.5, 0.6) is 5.75 Å². The summed E-state index contributed by atoms with van der Waals surface area (Å²) in [5, 5.41) is 3.43. The minimum atomic E-state index is 0.466. The van der Waals surface area contributed by atoms with Crippen LogP contribution in [0, 0.1) is 6.92 Å². The van der Waals surface area contributed by atoms with E-state index in [1.165, 1.54) is 43.2 Å². The van der Waals surface area contributed by atoms with Gasteiger partial charge in [0.15, 0.2) is 0 Å². The first-order chi connectivity index (χ1) is 8.72. The molecule has 0 aliphatic carbocycles. The van der Waals surface area contributed by atoms with Crippen molar-refractivity contribution in [2.45, 2.75) is 52.0 Å². The van der Waals surface area contributed by atoms with Gasteiger partial charge >= 0.3 is 0 Å². The van der Waals surface area contributed by atoms with E-state index < -0.39 is 0 Å². The van der Waals surface area contributed by atoms with Crippen molar-refractivity contribution in [2.24, 2.45) is 0 Å². The first-order valence-electron chi connectivity index (χ1n) is 7.04. The van der Waals surface area contributed by atoms with Crippen LogP contribution in [0.1, 0.15) is 56.2 Å². The number of nitrogens with one attached hydrogen (secondary N) is 1. The van der Waals surface area contributed by atoms with Gasteiger partial charge in [0.25, 0.3) is 0 Å². The van der Waals surface area contributed by atoms with Crippen LogP contribution in [-0.2, 0) is 0 Å². The number of hydrogen-bond acceptors (Lipinski definition) is 2. The fourth-order valence-corrected chi connectivity index (χ4v) is 2.40. The molecule has 0 spiro atoms. The molecule has 0 radical (unpaired) electrons. The third-order valence-electron chi connectivity index (χ3n) is 3.55. The average molecular weight is 249 g/mol. The van der Waals surface area contributed by atoms with Crippen LogP contribution in [0.25, 0.3) is 0 Å². The molecule has 1 N–H and O–H groups in total. The van der Waals surface area contributed by atoms with E-state index in [9.17, 15) is 0 Å². The summed E-state index contributed by atoms with van der Waals surface area (Å²) >= 11 is 0. The van der Waals surface area contributed by atoms with Gasteiger partial charge in [-0.05, 0) is 43.7 Å². The SMILES string of the molecule is CCCCCCC(NC)c1ccc(OC)cc1C. The molecule has 1 rings (SSSR count). The van der Waals surface area contributed by atoms with Gasteiger partial charge in [-0.25, -0.2) is 0 Å². The largest absolute Gasteiger partial charge is 0.497 e. The number of unbranched alkanes of at least 4 members (excludes halogenated alkanes) is 3. The van der Waals surface area contributed by atoms with Crippen molar-refractivity contribution in [3.05, 3.63) is 29.3 Å². The number of methoxy groups -OCH3 is 1. The van der Waals surface area contributed by atoms with E-state index in [0.717, 1.165) is 5.75 Å². The van der Waals surface area contributed by atoms with Gasteiger partial charge in [-0.3, -0.25) is 0 Å². The Bertz CT molecular complexity index is 349. The van der Waals surface area contributed by atoms with Crippen molar-refractivity contribution >= 4 is 0 Å². The molecule has 0 heterocycles. The highest BCUT2D eigenvalue weighted by Gasteiger charge is 2.11. The lowest BCUT2D eigenvalue weighted by atomic mass is 9.96. The normalized spacial score (nSPS) is 12.4. The van der Waals surface area contributed by atoms with Gasteiger partial charge in [0.2, 0.25) is 0 Å². The molecule has 0 saturated carbocycles. The monoisotopic (exact) mass is 249 g/mol. The molecule has 0 aliphatic rings. The number of hydrogen-bond donors (Lipinski definition) is 1. The molecular weight excluding hydrogens is 222 g/mol. The Hall–Kier alpha value is -1.02. The van der Waals surface area contributed by atoms with E-state index in [2.05, 4.69) is 37.4 Å². The van der Waals surface area contributed by atoms with Gasteiger partial charge in [-0.15, -0.1) is 0 Å². The van der Waals surface area contributed by atoms with Crippen molar-refractivity contribution in [1.82, 2.24) is 5.32 Å². The summed E-state index contributed by atoms with van der Waals surface area (Å²) in [6, 6.07) is 6.83. The highest BCUT2D eigenvalue weighted by molar-refractivity contribution is 5.36. The molecule has 18 heavy (non-hydrogen) atoms. The van der Waals surface area contributed by atoms with E-state index in [1.54, 1.807) is 7.11 Å². The predicted molar refractivity (Wildman–Crippen MR) is 78.3 cm³/mol. The maximum Gasteiger partial charge on any atom is 0.119 e. The van der Waals surface area contributed by atoms with E-state index in [4.69, 9.17) is 4.74 Å². The lowest BCUT2D eigenvalue weighted by Gasteiger charge is -2.19. The molecule has 0 aliphatic heterocycles. The van der Waals surface area contributed by atoms with E-state index in [0.29, 0.717) is 6.04 Å². The standard InChI is InChI=1S/C16H27NO/c1-5-6-7-8-9-16(17-3)15-11-10-14(18-4)12-13(15)2/h10-12,16-17H,5-9H2,1-4H3. The number of benzene rings is 1. The van der Waals surface area contributed by atoms with Crippen LogP contribution in [0.15, 0.2) is 18.2 Å². The highest BCUT2D eigenvalue weighted by Crippen LogP contribution is 2.26. The van der Waals surface area contributed by atoms with Crippen LogP contribution < -0.4 is 10.1 Å². The van der Waals surface area contributed by atoms with Crippen molar-refractivity contribution < 1.29 is 4.74 Å². The van der Waals surface area contributed by atoms with Crippen molar-refractivity contribution in [1.29, 1.82) is 0 Å². The summed E-state index contributed by atoms with van der Waals surface area (Å²) in [6.07, 6.45) is 6.49. The number of rotatable bonds is 8. The zero-order valence-electron chi connectivity index (χ0n) is 12.3. The van der Waals surface area contributed by atoms with E-state index >= 15 is 0 Å². The second kappa shape index (κ2) is 8.15. The Morgan fingerprint density at radius 2 is 2.00 bits per heavy atom. The first kappa shape index (κ1) is 15.0. The summed E-state index contributed by atoms with van der Waals surface area (Å²) in [5.74, 6) is 0.942. The third kappa shape index (κ3) is 4.34. The molecule has 0 aromatic heterocycles. The van der Waals surface area contributed by atoms with E-state index in [-0.39, 0.29) is 0 Å². The molecule has 0 saturated heterocycles. The Balaban J connectivity index is 2.63. The molecular formula is C16H27NO. The summed E-state index contributed by atoms with van der Waals surface area (Å²) in [6.45, 7) is 4.41. The Morgan fingerprint density at radius 3 is 2.56 bits per heavy atom. The minimum absolute atomic E-state index is 0.466. The Labute approximate surface area is 112 Å². The molecule has 2 heteroatoms. The second-order valence-electron chi connectivity index (χ2n) is 4.91. The Kier molecular flexibility index (Phi) is 6.81. The van der Waals surface area contributed by atoms with Gasteiger partial charge in [-0.2, -0.15) is 0 Å². The molecule has 0 fully saturated rings. The van der Waals surface area contributed by atoms with Crippen LogP contribution in [-0.4, -0.2) is 14.2 Å². The Morgan fingerprint density at radius 1 is 1.22 bits per heavy atom. The van der Waals surface area contributed by atoms with Crippen LogP contribution in [0.4, 0.5) is 0 Å². The number of ether oxygens (including phenoxy) is 1. The van der Waals surface area contributed by atoms with Gasteiger partial charge in [0.1, 0.15) is 5.75 Å². The summed E-state index contributed by atoms with van der Waals surface area (Å²) in [7, 11) is 3.77. The quantitative estimate of drug-likeness (QED) is 0.696. The fraction of sp³-hybridized carbons (Fsp3) is 0.625. The molecule has 1 unspecified atom stereocenters. The molecule has 0 amide bonds. The van der Waals surface area contributed by atoms with Gasteiger partial charge < -0.3 is 10.1 Å². The highest BCUT2D eigenvalue weighted by atomic mass is 16.5. The molecule has 102 valence electrons. The lowest BCUT2D eigenvalue weighted by molar-refractivity contribution is 0.413. The predicted octanol–water partition coefficient (Wildman–Crippen LogP) is 4.23. The molecule has 0 bridgehead atoms. The van der Waals surface area contributed by atoms with Gasteiger partial charge in [0, 0.05) is 6.04 Å². The average Bonchev–Trinajstić information content (AvgIpc) is 2.39. The fourth-order valence-electron chi connectivity index (χ4n) is 2.40. The van der Waals surface area contributed by atoms with Crippen molar-refractivity contribution in [3.63, 3.8) is 0 Å². The zero-order valence-corrected chi connectivity index (χ0v) is 12.3. The zero-order chi connectivity index (χ0) is 13.4. The van der Waals surface area contributed by atoms with Crippen LogP contribution in [0.3, 0.4) is 0 Å². The smallest absolute Gasteiger partial charge is 0.119 e. The molecule has 1 atom stereocenters. The van der Waals surface area contributed by atoms with Crippen LogP contribution in [0.2, 0.25) is 0 Å². The maximum absolute atomic E-state index is 5.26. The van der Waals surface area contributed by atoms with Gasteiger partial charge in [-0.1, -0.05) is 38.7 Å². The second-order valence-corrected chi connectivity index (χ2v) is 4.91. The third-order valence-corrected chi connectivity index (χ3v) is 3.55. The topological polar surface area (TPSA) is 21.3 Å². The minimum Gasteiger partial charge on any atom is -0.497 e. The van der Waals surface area contributed by atoms with Crippen LogP contribution >= 0.6 is 0 Å². The maximum atomic E-state index is 5.26. The van der Waals surface area contributed by atoms with Crippen molar-refractivity contribution in [3.8, 4) is 5.75 Å². The van der Waals surface area contributed by atoms with Crippen molar-refractivity contribution in [2.75, 3.05) is 14.2 Å². The van der Waals surface area contributed by atoms with E-state index in [1.807, 2.05) is 7.05 Å². The number of aryl methyl sites for hydroxylation is 1. The van der Waals surface area contributed by atoms with Gasteiger partial charge in [0.05, 0.1) is 7.11 Å². The first-order valence-corrected chi connectivity index (χ1v) is 7.04. The molecule has 2 nitrogen and oxygen atoms in total. The summed E-state index contributed by atoms with van der Waals surface area (Å²) in [4.78, 5) is 0. The molecule has 1 aromatic carbocycles. The summed E-state index contributed by atoms with van der Waals surface area (Å²) < 4.78 is 5.26. The molecule has 1 aromatic rings. The lowest BCUT2D eigenvalue weighted by Crippen LogP contribution is -2.17. The summed E-state index contributed by atoms with van der Waals surface area (Å²) in [5.41, 5.74) is 2.71.